The highest BCUT2D eigenvalue weighted by molar-refractivity contribution is 5.96. The second kappa shape index (κ2) is 6.21. The molecule has 0 aromatic heterocycles. The molecule has 1 aliphatic heterocycles. The fourth-order valence-electron chi connectivity index (χ4n) is 2.20. The molecule has 0 aliphatic carbocycles. The number of morpholine rings is 1. The molecule has 3 nitrogen and oxygen atoms in total. The number of benzene rings is 1. The Morgan fingerprint density at radius 1 is 1.37 bits per heavy atom. The molecule has 0 spiro atoms. The van der Waals surface area contributed by atoms with Crippen LogP contribution in [0.1, 0.15) is 23.7 Å². The predicted molar refractivity (Wildman–Crippen MR) is 67.2 cm³/mol. The Hall–Kier alpha value is -1.33. The molecule has 1 heterocycles. The molecule has 5 heteroatoms. The van der Waals surface area contributed by atoms with Crippen molar-refractivity contribution in [1.82, 2.24) is 4.90 Å². The lowest BCUT2D eigenvalue weighted by Gasteiger charge is -2.32. The van der Waals surface area contributed by atoms with Crippen molar-refractivity contribution in [3.05, 3.63) is 35.4 Å². The van der Waals surface area contributed by atoms with E-state index in [-0.39, 0.29) is 23.8 Å². The van der Waals surface area contributed by atoms with E-state index in [2.05, 4.69) is 4.90 Å². The Kier molecular flexibility index (Phi) is 4.61. The molecule has 0 radical (unpaired) electrons. The van der Waals surface area contributed by atoms with E-state index in [1.54, 1.807) is 0 Å². The zero-order chi connectivity index (χ0) is 13.8. The monoisotopic (exact) mass is 269 g/mol. The highest BCUT2D eigenvalue weighted by Gasteiger charge is 2.19. The summed E-state index contributed by atoms with van der Waals surface area (Å²) in [5.74, 6) is -1.68. The average Bonchev–Trinajstić information content (AvgIpc) is 2.36. The van der Waals surface area contributed by atoms with E-state index in [9.17, 15) is 13.6 Å². The number of hydrogen-bond acceptors (Lipinski definition) is 3. The standard InChI is InChI=1S/C14H17F2NO2/c1-10-9-19-5-4-17(10)3-2-14(18)11-6-12(15)8-13(16)7-11/h6-8,10H,2-5,9H2,1H3. The zero-order valence-electron chi connectivity index (χ0n) is 10.9. The first kappa shape index (κ1) is 14.1. The summed E-state index contributed by atoms with van der Waals surface area (Å²) in [6.45, 7) is 4.72. The minimum absolute atomic E-state index is 0.0958. The summed E-state index contributed by atoms with van der Waals surface area (Å²) in [6, 6.07) is 3.19. The van der Waals surface area contributed by atoms with Gasteiger partial charge in [0.25, 0.3) is 0 Å². The summed E-state index contributed by atoms with van der Waals surface area (Å²) in [5.41, 5.74) is 0.0958. The van der Waals surface area contributed by atoms with E-state index in [0.717, 1.165) is 24.7 Å². The number of ketones is 1. The molecular weight excluding hydrogens is 252 g/mol. The first-order valence-corrected chi connectivity index (χ1v) is 6.37. The smallest absolute Gasteiger partial charge is 0.164 e. The molecular formula is C14H17F2NO2. The van der Waals surface area contributed by atoms with Crippen molar-refractivity contribution in [3.63, 3.8) is 0 Å². The van der Waals surface area contributed by atoms with Gasteiger partial charge in [0.15, 0.2) is 5.78 Å². The molecule has 0 bridgehead atoms. The number of rotatable bonds is 4. The van der Waals surface area contributed by atoms with Crippen LogP contribution in [0.4, 0.5) is 8.78 Å². The van der Waals surface area contributed by atoms with Gasteiger partial charge in [-0.1, -0.05) is 0 Å². The van der Waals surface area contributed by atoms with E-state index in [0.29, 0.717) is 19.8 Å². The summed E-state index contributed by atoms with van der Waals surface area (Å²) in [7, 11) is 0. The van der Waals surface area contributed by atoms with Crippen molar-refractivity contribution in [2.75, 3.05) is 26.3 Å². The Bertz CT molecular complexity index is 445. The number of halogens is 2. The summed E-state index contributed by atoms with van der Waals surface area (Å²) < 4.78 is 31.4. The number of carbonyl (C=O) groups excluding carboxylic acids is 1. The normalized spacial score (nSPS) is 20.5. The Morgan fingerprint density at radius 3 is 2.68 bits per heavy atom. The molecule has 2 rings (SSSR count). The van der Waals surface area contributed by atoms with E-state index in [1.165, 1.54) is 0 Å². The van der Waals surface area contributed by atoms with Crippen LogP contribution in [-0.2, 0) is 4.74 Å². The van der Waals surface area contributed by atoms with Crippen LogP contribution < -0.4 is 0 Å². The quantitative estimate of drug-likeness (QED) is 0.785. The number of ether oxygens (including phenoxy) is 1. The van der Waals surface area contributed by atoms with Gasteiger partial charge in [0, 0.05) is 37.2 Å². The molecule has 0 N–H and O–H groups in total. The second-order valence-electron chi connectivity index (χ2n) is 4.79. The van der Waals surface area contributed by atoms with Gasteiger partial charge in [0.05, 0.1) is 13.2 Å². The zero-order valence-corrected chi connectivity index (χ0v) is 10.9. The average molecular weight is 269 g/mol. The highest BCUT2D eigenvalue weighted by Crippen LogP contribution is 2.12. The van der Waals surface area contributed by atoms with Crippen molar-refractivity contribution in [2.24, 2.45) is 0 Å². The molecule has 1 atom stereocenters. The number of nitrogens with zero attached hydrogens (tertiary/aromatic N) is 1. The fraction of sp³-hybridized carbons (Fsp3) is 0.500. The van der Waals surface area contributed by atoms with Crippen LogP contribution in [-0.4, -0.2) is 43.0 Å². The molecule has 0 amide bonds. The van der Waals surface area contributed by atoms with Gasteiger partial charge in [-0.2, -0.15) is 0 Å². The first-order valence-electron chi connectivity index (χ1n) is 6.37. The van der Waals surface area contributed by atoms with Gasteiger partial charge >= 0.3 is 0 Å². The van der Waals surface area contributed by atoms with Gasteiger partial charge in [-0.25, -0.2) is 8.78 Å². The minimum atomic E-state index is -0.719. The molecule has 1 unspecified atom stereocenters. The Balaban J connectivity index is 1.93. The van der Waals surface area contributed by atoms with Crippen LogP contribution >= 0.6 is 0 Å². The lowest BCUT2D eigenvalue weighted by Crippen LogP contribution is -2.44. The van der Waals surface area contributed by atoms with Crippen LogP contribution in [0, 0.1) is 11.6 Å². The summed E-state index contributed by atoms with van der Waals surface area (Å²) in [5, 5.41) is 0. The third kappa shape index (κ3) is 3.81. The van der Waals surface area contributed by atoms with Crippen LogP contribution in [0.5, 0.6) is 0 Å². The van der Waals surface area contributed by atoms with Crippen molar-refractivity contribution in [3.8, 4) is 0 Å². The van der Waals surface area contributed by atoms with Crippen molar-refractivity contribution < 1.29 is 18.3 Å². The topological polar surface area (TPSA) is 29.5 Å². The summed E-state index contributed by atoms with van der Waals surface area (Å²) >= 11 is 0. The van der Waals surface area contributed by atoms with Crippen LogP contribution in [0.25, 0.3) is 0 Å². The first-order chi connectivity index (χ1) is 9.06. The molecule has 1 aromatic carbocycles. The molecule has 104 valence electrons. The Labute approximate surface area is 111 Å². The van der Waals surface area contributed by atoms with Gasteiger partial charge in [-0.15, -0.1) is 0 Å². The van der Waals surface area contributed by atoms with E-state index in [1.807, 2.05) is 6.92 Å². The van der Waals surface area contributed by atoms with Gasteiger partial charge in [-0.05, 0) is 19.1 Å². The van der Waals surface area contributed by atoms with Gasteiger partial charge < -0.3 is 4.74 Å². The maximum absolute atomic E-state index is 13.0. The van der Waals surface area contributed by atoms with Crippen LogP contribution in [0.15, 0.2) is 18.2 Å². The van der Waals surface area contributed by atoms with Crippen LogP contribution in [0.3, 0.4) is 0 Å². The second-order valence-corrected chi connectivity index (χ2v) is 4.79. The predicted octanol–water partition coefficient (Wildman–Crippen LogP) is 2.26. The molecule has 1 aliphatic rings. The maximum Gasteiger partial charge on any atom is 0.164 e. The number of Topliss-reactive ketones (excluding diaryl/α,β-unsaturated/α-hetero) is 1. The van der Waals surface area contributed by atoms with Gasteiger partial charge in [0.1, 0.15) is 11.6 Å². The maximum atomic E-state index is 13.0. The fourth-order valence-corrected chi connectivity index (χ4v) is 2.20. The van der Waals surface area contributed by atoms with Crippen molar-refractivity contribution in [1.29, 1.82) is 0 Å². The third-order valence-electron chi connectivity index (χ3n) is 3.32. The summed E-state index contributed by atoms with van der Waals surface area (Å²) in [6.07, 6.45) is 0.257. The SMILES string of the molecule is CC1COCCN1CCC(=O)c1cc(F)cc(F)c1. The molecule has 1 aromatic rings. The molecule has 0 saturated carbocycles. The molecule has 1 fully saturated rings. The number of hydrogen-bond donors (Lipinski definition) is 0. The van der Waals surface area contributed by atoms with Crippen LogP contribution in [0.2, 0.25) is 0 Å². The number of carbonyl (C=O) groups is 1. The van der Waals surface area contributed by atoms with Crippen molar-refractivity contribution in [2.45, 2.75) is 19.4 Å². The lowest BCUT2D eigenvalue weighted by molar-refractivity contribution is -0.000210. The lowest BCUT2D eigenvalue weighted by atomic mass is 10.1. The highest BCUT2D eigenvalue weighted by atomic mass is 19.1. The van der Waals surface area contributed by atoms with E-state index in [4.69, 9.17) is 4.74 Å². The third-order valence-corrected chi connectivity index (χ3v) is 3.32. The van der Waals surface area contributed by atoms with Gasteiger partial charge in [0.2, 0.25) is 0 Å². The van der Waals surface area contributed by atoms with Gasteiger partial charge in [-0.3, -0.25) is 9.69 Å². The minimum Gasteiger partial charge on any atom is -0.379 e. The van der Waals surface area contributed by atoms with Crippen molar-refractivity contribution >= 4 is 5.78 Å². The Morgan fingerprint density at radius 2 is 2.05 bits per heavy atom. The largest absolute Gasteiger partial charge is 0.379 e. The summed E-state index contributed by atoms with van der Waals surface area (Å²) in [4.78, 5) is 14.1. The van der Waals surface area contributed by atoms with E-state index >= 15 is 0 Å². The molecule has 1 saturated heterocycles. The van der Waals surface area contributed by atoms with E-state index < -0.39 is 11.6 Å². The molecule has 19 heavy (non-hydrogen) atoms.